The molecule has 30 heavy (non-hydrogen) atoms. The van der Waals surface area contributed by atoms with E-state index in [1.807, 2.05) is 40.1 Å². The lowest BCUT2D eigenvalue weighted by atomic mass is 10.1. The van der Waals surface area contributed by atoms with Crippen molar-refractivity contribution < 1.29 is 14.3 Å². The summed E-state index contributed by atoms with van der Waals surface area (Å²) in [6.45, 7) is 5.30. The third-order valence-electron chi connectivity index (χ3n) is 5.50. The summed E-state index contributed by atoms with van der Waals surface area (Å²) >= 11 is 0. The highest BCUT2D eigenvalue weighted by atomic mass is 16.5. The molecule has 0 bridgehead atoms. The van der Waals surface area contributed by atoms with Crippen molar-refractivity contribution in [3.05, 3.63) is 65.7 Å². The van der Waals surface area contributed by atoms with Crippen LogP contribution in [-0.4, -0.2) is 54.4 Å². The predicted octanol–water partition coefficient (Wildman–Crippen LogP) is 3.85. The van der Waals surface area contributed by atoms with Crippen molar-refractivity contribution in [3.63, 3.8) is 0 Å². The zero-order valence-electron chi connectivity index (χ0n) is 17.9. The number of carbonyl (C=O) groups excluding carboxylic acids is 2. The minimum absolute atomic E-state index is 0.153. The van der Waals surface area contributed by atoms with Gasteiger partial charge in [0.25, 0.3) is 0 Å². The lowest BCUT2D eigenvalue weighted by Gasteiger charge is -2.22. The first-order valence-corrected chi connectivity index (χ1v) is 10.9. The Morgan fingerprint density at radius 1 is 0.833 bits per heavy atom. The summed E-state index contributed by atoms with van der Waals surface area (Å²) in [5, 5.41) is 0. The standard InChI is InChI=1S/C25H32N2O3/c1-21-10-12-22(13-11-21)14-15-25(29)27-17-6-16-26(18-19-27)24(28)9-5-20-30-23-7-3-2-4-8-23/h2-4,7-8,10-13H,5-6,9,14-20H2,1H3. The van der Waals surface area contributed by atoms with Gasteiger partial charge in [-0.15, -0.1) is 0 Å². The predicted molar refractivity (Wildman–Crippen MR) is 118 cm³/mol. The van der Waals surface area contributed by atoms with E-state index >= 15 is 0 Å². The van der Waals surface area contributed by atoms with Crippen LogP contribution < -0.4 is 4.74 Å². The molecule has 2 amide bonds. The second-order valence-corrected chi connectivity index (χ2v) is 7.87. The Balaban J connectivity index is 1.36. The number of amides is 2. The van der Waals surface area contributed by atoms with Crippen LogP contribution in [0.5, 0.6) is 5.75 Å². The number of nitrogens with zero attached hydrogens (tertiary/aromatic N) is 2. The number of para-hydroxylation sites is 1. The maximum Gasteiger partial charge on any atom is 0.222 e. The van der Waals surface area contributed by atoms with Gasteiger partial charge in [0.15, 0.2) is 0 Å². The molecule has 0 atom stereocenters. The van der Waals surface area contributed by atoms with Crippen LogP contribution in [-0.2, 0) is 16.0 Å². The number of rotatable bonds is 8. The molecule has 160 valence electrons. The van der Waals surface area contributed by atoms with E-state index in [0.29, 0.717) is 39.0 Å². The maximum absolute atomic E-state index is 12.6. The molecule has 1 aliphatic rings. The quantitative estimate of drug-likeness (QED) is 0.624. The van der Waals surface area contributed by atoms with Crippen LogP contribution in [0.1, 0.15) is 36.8 Å². The Morgan fingerprint density at radius 3 is 2.13 bits per heavy atom. The normalized spacial score (nSPS) is 14.3. The van der Waals surface area contributed by atoms with Crippen LogP contribution in [0.4, 0.5) is 0 Å². The van der Waals surface area contributed by atoms with E-state index in [9.17, 15) is 9.59 Å². The highest BCUT2D eigenvalue weighted by molar-refractivity contribution is 5.78. The van der Waals surface area contributed by atoms with Gasteiger partial charge in [-0.2, -0.15) is 0 Å². The molecule has 0 aliphatic carbocycles. The molecular weight excluding hydrogens is 376 g/mol. The van der Waals surface area contributed by atoms with Crippen molar-refractivity contribution in [3.8, 4) is 5.75 Å². The van der Waals surface area contributed by atoms with E-state index in [0.717, 1.165) is 31.7 Å². The first-order valence-electron chi connectivity index (χ1n) is 10.9. The van der Waals surface area contributed by atoms with Crippen LogP contribution in [0, 0.1) is 6.92 Å². The van der Waals surface area contributed by atoms with Crippen LogP contribution >= 0.6 is 0 Å². The van der Waals surface area contributed by atoms with E-state index in [4.69, 9.17) is 4.74 Å². The number of hydrogen-bond acceptors (Lipinski definition) is 3. The average Bonchev–Trinajstić information content (AvgIpc) is 3.03. The number of aryl methyl sites for hydroxylation is 2. The molecule has 1 aliphatic heterocycles. The summed E-state index contributed by atoms with van der Waals surface area (Å²) in [6, 6.07) is 18.0. The molecule has 1 saturated heterocycles. The number of hydrogen-bond donors (Lipinski definition) is 0. The average molecular weight is 409 g/mol. The fraction of sp³-hybridized carbons (Fsp3) is 0.440. The zero-order valence-corrected chi connectivity index (χ0v) is 17.9. The van der Waals surface area contributed by atoms with Crippen molar-refractivity contribution in [2.75, 3.05) is 32.8 Å². The highest BCUT2D eigenvalue weighted by Gasteiger charge is 2.21. The Kier molecular flexibility index (Phi) is 8.30. The van der Waals surface area contributed by atoms with Gasteiger partial charge in [0.2, 0.25) is 11.8 Å². The van der Waals surface area contributed by atoms with Crippen molar-refractivity contribution in [2.24, 2.45) is 0 Å². The Labute approximate surface area is 179 Å². The molecule has 5 heteroatoms. The Bertz CT molecular complexity index is 805. The van der Waals surface area contributed by atoms with Crippen molar-refractivity contribution in [1.29, 1.82) is 0 Å². The van der Waals surface area contributed by atoms with E-state index in [1.54, 1.807) is 0 Å². The minimum atomic E-state index is 0.153. The first-order chi connectivity index (χ1) is 14.6. The summed E-state index contributed by atoms with van der Waals surface area (Å²) < 4.78 is 5.66. The van der Waals surface area contributed by atoms with Crippen LogP contribution in [0.15, 0.2) is 54.6 Å². The number of benzene rings is 2. The van der Waals surface area contributed by atoms with Crippen molar-refractivity contribution >= 4 is 11.8 Å². The molecule has 0 aromatic heterocycles. The molecule has 1 fully saturated rings. The molecule has 2 aromatic rings. The molecule has 5 nitrogen and oxygen atoms in total. The largest absolute Gasteiger partial charge is 0.494 e. The van der Waals surface area contributed by atoms with Crippen LogP contribution in [0.2, 0.25) is 0 Å². The molecular formula is C25H32N2O3. The number of ether oxygens (including phenoxy) is 1. The zero-order chi connectivity index (χ0) is 21.2. The second-order valence-electron chi connectivity index (χ2n) is 7.87. The van der Waals surface area contributed by atoms with Crippen molar-refractivity contribution in [1.82, 2.24) is 9.80 Å². The molecule has 3 rings (SSSR count). The van der Waals surface area contributed by atoms with Gasteiger partial charge in [-0.3, -0.25) is 9.59 Å². The summed E-state index contributed by atoms with van der Waals surface area (Å²) in [5.41, 5.74) is 2.42. The summed E-state index contributed by atoms with van der Waals surface area (Å²) in [6.07, 6.45) is 3.30. The van der Waals surface area contributed by atoms with Gasteiger partial charge in [0, 0.05) is 39.0 Å². The fourth-order valence-corrected chi connectivity index (χ4v) is 3.67. The molecule has 0 N–H and O–H groups in total. The molecule has 0 spiro atoms. The summed E-state index contributed by atoms with van der Waals surface area (Å²) in [5.74, 6) is 1.17. The van der Waals surface area contributed by atoms with Gasteiger partial charge < -0.3 is 14.5 Å². The first kappa shape index (κ1) is 21.9. The lowest BCUT2D eigenvalue weighted by Crippen LogP contribution is -2.37. The van der Waals surface area contributed by atoms with Gasteiger partial charge in [-0.1, -0.05) is 48.0 Å². The van der Waals surface area contributed by atoms with Gasteiger partial charge in [-0.25, -0.2) is 0 Å². The minimum Gasteiger partial charge on any atom is -0.494 e. The van der Waals surface area contributed by atoms with Crippen LogP contribution in [0.3, 0.4) is 0 Å². The molecule has 2 aromatic carbocycles. The second kappa shape index (κ2) is 11.4. The third kappa shape index (κ3) is 6.90. The topological polar surface area (TPSA) is 49.9 Å². The monoisotopic (exact) mass is 408 g/mol. The highest BCUT2D eigenvalue weighted by Crippen LogP contribution is 2.12. The van der Waals surface area contributed by atoms with Gasteiger partial charge >= 0.3 is 0 Å². The van der Waals surface area contributed by atoms with Gasteiger partial charge in [-0.05, 0) is 43.9 Å². The van der Waals surface area contributed by atoms with E-state index in [2.05, 4.69) is 31.2 Å². The van der Waals surface area contributed by atoms with Gasteiger partial charge in [0.05, 0.1) is 6.61 Å². The number of carbonyl (C=O) groups is 2. The summed E-state index contributed by atoms with van der Waals surface area (Å²) in [7, 11) is 0. The molecule has 0 unspecified atom stereocenters. The maximum atomic E-state index is 12.6. The SMILES string of the molecule is Cc1ccc(CCC(=O)N2CCCN(C(=O)CCCOc3ccccc3)CC2)cc1. The lowest BCUT2D eigenvalue weighted by molar-refractivity contribution is -0.133. The van der Waals surface area contributed by atoms with E-state index in [-0.39, 0.29) is 11.8 Å². The molecule has 1 heterocycles. The smallest absolute Gasteiger partial charge is 0.222 e. The van der Waals surface area contributed by atoms with Crippen molar-refractivity contribution in [2.45, 2.75) is 39.0 Å². The fourth-order valence-electron chi connectivity index (χ4n) is 3.67. The molecule has 0 radical (unpaired) electrons. The summed E-state index contributed by atoms with van der Waals surface area (Å²) in [4.78, 5) is 29.0. The van der Waals surface area contributed by atoms with E-state index in [1.165, 1.54) is 11.1 Å². The van der Waals surface area contributed by atoms with E-state index < -0.39 is 0 Å². The molecule has 0 saturated carbocycles. The Morgan fingerprint density at radius 2 is 1.47 bits per heavy atom. The third-order valence-corrected chi connectivity index (χ3v) is 5.50. The van der Waals surface area contributed by atoms with Gasteiger partial charge in [0.1, 0.15) is 5.75 Å². The van der Waals surface area contributed by atoms with Crippen LogP contribution in [0.25, 0.3) is 0 Å². The Hall–Kier alpha value is -2.82.